The Morgan fingerprint density at radius 2 is 1.96 bits per heavy atom. The maximum absolute atomic E-state index is 11.9. The lowest BCUT2D eigenvalue weighted by Gasteiger charge is -2.55. The second kappa shape index (κ2) is 5.54. The molecule has 5 rings (SSSR count). The molecule has 4 saturated carbocycles. The summed E-state index contributed by atoms with van der Waals surface area (Å²) < 4.78 is 0. The lowest BCUT2D eigenvalue weighted by molar-refractivity contribution is -0.117. The summed E-state index contributed by atoms with van der Waals surface area (Å²) >= 11 is 0. The molecule has 0 aliphatic heterocycles. The fraction of sp³-hybridized carbons (Fsp3) is 0.783. The zero-order valence-corrected chi connectivity index (χ0v) is 15.9. The first kappa shape index (κ1) is 17.2. The molecule has 0 heterocycles. The number of allylic oxidation sites excluding steroid dienone is 1. The van der Waals surface area contributed by atoms with E-state index >= 15 is 0 Å². The fourth-order valence-corrected chi connectivity index (χ4v) is 7.86. The van der Waals surface area contributed by atoms with Gasteiger partial charge in [-0.1, -0.05) is 24.6 Å². The number of carbonyl (C=O) groups excluding carboxylic acids is 1. The third kappa shape index (κ3) is 2.05. The van der Waals surface area contributed by atoms with Crippen molar-refractivity contribution >= 4 is 5.78 Å². The molecule has 0 saturated heterocycles. The van der Waals surface area contributed by atoms with Crippen LogP contribution in [0.1, 0.15) is 64.7 Å². The Morgan fingerprint density at radius 3 is 2.69 bits per heavy atom. The standard InChI is InChI=1S/C23H32O3/c1-21-9-7-18-17-6-4-16(25)13-15(17)3-5-19(18)20(21)14-22(10-11-22)23(21,26)8-2-12-24/h2,8,13,17-20,24,26H,3-7,9-12,14H2,1H3/b8-2-. The first-order chi connectivity index (χ1) is 12.4. The van der Waals surface area contributed by atoms with Crippen molar-refractivity contribution in [2.45, 2.75) is 70.3 Å². The molecule has 0 bridgehead atoms. The Bertz CT molecular complexity index is 688. The Hall–Kier alpha value is -0.930. The Kier molecular flexibility index (Phi) is 3.66. The molecule has 6 unspecified atom stereocenters. The van der Waals surface area contributed by atoms with E-state index in [0.29, 0.717) is 29.5 Å². The summed E-state index contributed by atoms with van der Waals surface area (Å²) in [4.78, 5) is 11.9. The molecule has 5 aliphatic carbocycles. The molecule has 0 radical (unpaired) electrons. The summed E-state index contributed by atoms with van der Waals surface area (Å²) in [5.41, 5.74) is 0.672. The van der Waals surface area contributed by atoms with Gasteiger partial charge in [-0.05, 0) is 81.1 Å². The largest absolute Gasteiger partial charge is 0.392 e. The number of hydrogen-bond acceptors (Lipinski definition) is 3. The zero-order chi connectivity index (χ0) is 18.2. The second-order valence-corrected chi connectivity index (χ2v) is 10.1. The Morgan fingerprint density at radius 1 is 1.15 bits per heavy atom. The number of fused-ring (bicyclic) bond motifs is 5. The minimum absolute atomic E-state index is 0.00937. The van der Waals surface area contributed by atoms with Crippen LogP contribution in [0.15, 0.2) is 23.8 Å². The molecule has 2 N–H and O–H groups in total. The normalized spacial score (nSPS) is 48.9. The summed E-state index contributed by atoms with van der Waals surface area (Å²) in [6, 6.07) is 0. The third-order valence-corrected chi connectivity index (χ3v) is 9.30. The van der Waals surface area contributed by atoms with Gasteiger partial charge < -0.3 is 10.2 Å². The molecule has 0 aromatic rings. The molecule has 0 aromatic heterocycles. The quantitative estimate of drug-likeness (QED) is 0.740. The van der Waals surface area contributed by atoms with Gasteiger partial charge in [0.05, 0.1) is 12.2 Å². The summed E-state index contributed by atoms with van der Waals surface area (Å²) in [5, 5.41) is 21.2. The maximum Gasteiger partial charge on any atom is 0.155 e. The minimum Gasteiger partial charge on any atom is -0.392 e. The van der Waals surface area contributed by atoms with E-state index in [9.17, 15) is 15.0 Å². The first-order valence-corrected chi connectivity index (χ1v) is 10.7. The van der Waals surface area contributed by atoms with Crippen LogP contribution in [0.4, 0.5) is 0 Å². The van der Waals surface area contributed by atoms with Crippen LogP contribution in [0, 0.1) is 34.5 Å². The third-order valence-electron chi connectivity index (χ3n) is 9.30. The van der Waals surface area contributed by atoms with Gasteiger partial charge in [0.15, 0.2) is 5.78 Å². The molecule has 0 amide bonds. The highest BCUT2D eigenvalue weighted by Gasteiger charge is 2.74. The van der Waals surface area contributed by atoms with E-state index in [-0.39, 0.29) is 17.4 Å². The molecule has 1 spiro atoms. The monoisotopic (exact) mass is 356 g/mol. The molecule has 3 nitrogen and oxygen atoms in total. The Balaban J connectivity index is 1.50. The molecule has 6 atom stereocenters. The summed E-state index contributed by atoms with van der Waals surface area (Å²) in [6.07, 6.45) is 15.4. The van der Waals surface area contributed by atoms with Crippen LogP contribution in [0.5, 0.6) is 0 Å². The van der Waals surface area contributed by atoms with Crippen LogP contribution in [0.2, 0.25) is 0 Å². The second-order valence-electron chi connectivity index (χ2n) is 10.1. The van der Waals surface area contributed by atoms with Gasteiger partial charge in [0.2, 0.25) is 0 Å². The highest BCUT2D eigenvalue weighted by atomic mass is 16.3. The van der Waals surface area contributed by atoms with Crippen LogP contribution in [-0.2, 0) is 4.79 Å². The number of carbonyl (C=O) groups is 1. The molecule has 142 valence electrons. The van der Waals surface area contributed by atoms with Gasteiger partial charge >= 0.3 is 0 Å². The summed E-state index contributed by atoms with van der Waals surface area (Å²) in [5.74, 6) is 2.93. The number of aliphatic hydroxyl groups excluding tert-OH is 1. The van der Waals surface area contributed by atoms with Crippen LogP contribution >= 0.6 is 0 Å². The van der Waals surface area contributed by atoms with Gasteiger partial charge in [0.25, 0.3) is 0 Å². The minimum atomic E-state index is -0.753. The number of ketones is 1. The topological polar surface area (TPSA) is 57.5 Å². The smallest absolute Gasteiger partial charge is 0.155 e. The average molecular weight is 357 g/mol. The lowest BCUT2D eigenvalue weighted by Crippen LogP contribution is -2.53. The maximum atomic E-state index is 11.9. The summed E-state index contributed by atoms with van der Waals surface area (Å²) in [6.45, 7) is 2.34. The van der Waals surface area contributed by atoms with Gasteiger partial charge in [-0.3, -0.25) is 4.79 Å². The summed E-state index contributed by atoms with van der Waals surface area (Å²) in [7, 11) is 0. The average Bonchev–Trinajstić information content (AvgIpc) is 3.39. The van der Waals surface area contributed by atoms with Crippen LogP contribution in [0.25, 0.3) is 0 Å². The number of aliphatic hydroxyl groups is 2. The van der Waals surface area contributed by atoms with E-state index in [1.807, 2.05) is 12.2 Å². The first-order valence-electron chi connectivity index (χ1n) is 10.7. The molecular weight excluding hydrogens is 324 g/mol. The highest BCUT2D eigenvalue weighted by molar-refractivity contribution is 5.91. The van der Waals surface area contributed by atoms with Crippen molar-refractivity contribution in [3.8, 4) is 0 Å². The van der Waals surface area contributed by atoms with E-state index < -0.39 is 5.60 Å². The molecule has 26 heavy (non-hydrogen) atoms. The molecular formula is C23H32O3. The van der Waals surface area contributed by atoms with Crippen molar-refractivity contribution in [1.29, 1.82) is 0 Å². The highest BCUT2D eigenvalue weighted by Crippen LogP contribution is 2.76. The Labute approximate surface area is 156 Å². The fourth-order valence-electron chi connectivity index (χ4n) is 7.86. The van der Waals surface area contributed by atoms with Crippen LogP contribution in [0.3, 0.4) is 0 Å². The van der Waals surface area contributed by atoms with E-state index in [2.05, 4.69) is 6.92 Å². The van der Waals surface area contributed by atoms with Crippen molar-refractivity contribution < 1.29 is 15.0 Å². The SMILES string of the molecule is CC12CCC3C4CCC(=O)C=C4CCC3C1CC1(CC1)C2(O)/C=C\CO. The van der Waals surface area contributed by atoms with Crippen LogP contribution < -0.4 is 0 Å². The van der Waals surface area contributed by atoms with Gasteiger partial charge in [0, 0.05) is 17.3 Å². The van der Waals surface area contributed by atoms with E-state index in [0.717, 1.165) is 44.9 Å². The molecule has 5 aliphatic rings. The van der Waals surface area contributed by atoms with Crippen molar-refractivity contribution in [1.82, 2.24) is 0 Å². The van der Waals surface area contributed by atoms with Gasteiger partial charge in [0.1, 0.15) is 0 Å². The van der Waals surface area contributed by atoms with Gasteiger partial charge in [-0.2, -0.15) is 0 Å². The van der Waals surface area contributed by atoms with Crippen molar-refractivity contribution in [2.75, 3.05) is 6.61 Å². The number of hydrogen-bond donors (Lipinski definition) is 2. The van der Waals surface area contributed by atoms with Gasteiger partial charge in [-0.15, -0.1) is 0 Å². The predicted molar refractivity (Wildman–Crippen MR) is 100 cm³/mol. The molecule has 3 heteroatoms. The van der Waals surface area contributed by atoms with Crippen molar-refractivity contribution in [2.24, 2.45) is 34.5 Å². The van der Waals surface area contributed by atoms with E-state index in [1.165, 1.54) is 18.4 Å². The van der Waals surface area contributed by atoms with E-state index in [1.54, 1.807) is 6.08 Å². The van der Waals surface area contributed by atoms with E-state index in [4.69, 9.17) is 0 Å². The molecule has 4 fully saturated rings. The lowest BCUT2D eigenvalue weighted by atomic mass is 9.50. The van der Waals surface area contributed by atoms with Crippen molar-refractivity contribution in [3.05, 3.63) is 23.8 Å². The zero-order valence-electron chi connectivity index (χ0n) is 15.9. The van der Waals surface area contributed by atoms with Crippen LogP contribution in [-0.4, -0.2) is 28.2 Å². The molecule has 0 aromatic carbocycles. The van der Waals surface area contributed by atoms with Gasteiger partial charge in [-0.25, -0.2) is 0 Å². The number of rotatable bonds is 2. The van der Waals surface area contributed by atoms with Crippen molar-refractivity contribution in [3.63, 3.8) is 0 Å². The predicted octanol–water partition coefficient (Wildman–Crippen LogP) is 3.80.